The molecule has 5 nitrogen and oxygen atoms in total. The summed E-state index contributed by atoms with van der Waals surface area (Å²) in [6, 6.07) is 8.18. The molecular weight excluding hydrogens is 343 g/mol. The minimum Gasteiger partial charge on any atom is -0.319 e. The molecule has 0 saturated carbocycles. The number of aryl methyl sites for hydroxylation is 1. The molecule has 2 aromatic rings. The van der Waals surface area contributed by atoms with Crippen LogP contribution in [-0.4, -0.2) is 10.8 Å². The Kier molecular flexibility index (Phi) is 4.32. The van der Waals surface area contributed by atoms with Gasteiger partial charge in [-0.05, 0) is 46.6 Å². The largest absolute Gasteiger partial charge is 0.319 e. The number of hydrogen-bond acceptors (Lipinski definition) is 3. The van der Waals surface area contributed by atoms with Crippen molar-refractivity contribution in [1.29, 1.82) is 0 Å². The zero-order valence-corrected chi connectivity index (χ0v) is 12.5. The van der Waals surface area contributed by atoms with E-state index in [9.17, 15) is 19.3 Å². The molecule has 1 N–H and O–H groups in total. The molecule has 21 heavy (non-hydrogen) atoms. The number of nitro groups is 1. The molecule has 0 aliphatic carbocycles. The Morgan fingerprint density at radius 1 is 1.29 bits per heavy atom. The SMILES string of the molecule is Cc1ccc(C(=O)Nc2ccc([N+](=O)[O-])cc2F)c(Br)c1. The number of nitro benzene ring substituents is 1. The summed E-state index contributed by atoms with van der Waals surface area (Å²) < 4.78 is 14.3. The summed E-state index contributed by atoms with van der Waals surface area (Å²) in [5.74, 6) is -1.37. The van der Waals surface area contributed by atoms with Crippen LogP contribution < -0.4 is 5.32 Å². The number of benzene rings is 2. The molecule has 0 fully saturated rings. The van der Waals surface area contributed by atoms with E-state index in [4.69, 9.17) is 0 Å². The van der Waals surface area contributed by atoms with Gasteiger partial charge in [0, 0.05) is 10.5 Å². The maximum atomic E-state index is 13.7. The van der Waals surface area contributed by atoms with Gasteiger partial charge >= 0.3 is 0 Å². The highest BCUT2D eigenvalue weighted by molar-refractivity contribution is 9.10. The van der Waals surface area contributed by atoms with Crippen LogP contribution in [0.25, 0.3) is 0 Å². The van der Waals surface area contributed by atoms with E-state index in [1.165, 1.54) is 0 Å². The van der Waals surface area contributed by atoms with Crippen LogP contribution in [0.1, 0.15) is 15.9 Å². The maximum absolute atomic E-state index is 13.7. The summed E-state index contributed by atoms with van der Waals surface area (Å²) in [4.78, 5) is 21.9. The van der Waals surface area contributed by atoms with Crippen LogP contribution in [-0.2, 0) is 0 Å². The number of nitrogens with one attached hydrogen (secondary N) is 1. The first-order valence-electron chi connectivity index (χ1n) is 5.90. The van der Waals surface area contributed by atoms with Crippen molar-refractivity contribution < 1.29 is 14.1 Å². The normalized spacial score (nSPS) is 10.2. The average molecular weight is 353 g/mol. The van der Waals surface area contributed by atoms with Crippen LogP contribution in [0.3, 0.4) is 0 Å². The van der Waals surface area contributed by atoms with E-state index in [1.807, 2.05) is 6.92 Å². The molecule has 0 aliphatic heterocycles. The molecular formula is C14H10BrFN2O3. The quantitative estimate of drug-likeness (QED) is 0.668. The Balaban J connectivity index is 2.25. The fourth-order valence-electron chi connectivity index (χ4n) is 1.71. The van der Waals surface area contributed by atoms with E-state index in [1.54, 1.807) is 18.2 Å². The Labute approximate surface area is 128 Å². The Morgan fingerprint density at radius 3 is 2.57 bits per heavy atom. The van der Waals surface area contributed by atoms with Crippen molar-refractivity contribution in [2.75, 3.05) is 5.32 Å². The number of nitrogens with zero attached hydrogens (tertiary/aromatic N) is 1. The van der Waals surface area contributed by atoms with Crippen molar-refractivity contribution in [1.82, 2.24) is 0 Å². The lowest BCUT2D eigenvalue weighted by Crippen LogP contribution is -2.13. The van der Waals surface area contributed by atoms with Crippen molar-refractivity contribution >= 4 is 33.2 Å². The third-order valence-corrected chi connectivity index (χ3v) is 3.44. The van der Waals surface area contributed by atoms with E-state index >= 15 is 0 Å². The molecule has 1 amide bonds. The maximum Gasteiger partial charge on any atom is 0.272 e. The van der Waals surface area contributed by atoms with E-state index < -0.39 is 16.6 Å². The van der Waals surface area contributed by atoms with Gasteiger partial charge < -0.3 is 5.32 Å². The third-order valence-electron chi connectivity index (χ3n) is 2.78. The summed E-state index contributed by atoms with van der Waals surface area (Å²) in [5.41, 5.74) is 0.832. The minimum absolute atomic E-state index is 0.113. The van der Waals surface area contributed by atoms with Gasteiger partial charge in [-0.3, -0.25) is 14.9 Å². The first-order chi connectivity index (χ1) is 9.88. The monoisotopic (exact) mass is 352 g/mol. The minimum atomic E-state index is -0.860. The topological polar surface area (TPSA) is 72.2 Å². The van der Waals surface area contributed by atoms with Crippen LogP contribution in [0.15, 0.2) is 40.9 Å². The number of carbonyl (C=O) groups excluding carboxylic acids is 1. The number of hydrogen-bond donors (Lipinski definition) is 1. The van der Waals surface area contributed by atoms with Crippen LogP contribution in [0.4, 0.5) is 15.8 Å². The summed E-state index contributed by atoms with van der Waals surface area (Å²) in [5, 5.41) is 12.9. The molecule has 0 spiro atoms. The van der Waals surface area contributed by atoms with Crippen LogP contribution in [0.2, 0.25) is 0 Å². The highest BCUT2D eigenvalue weighted by Gasteiger charge is 2.15. The van der Waals surface area contributed by atoms with Gasteiger partial charge in [0.05, 0.1) is 22.2 Å². The van der Waals surface area contributed by atoms with Crippen LogP contribution >= 0.6 is 15.9 Å². The Morgan fingerprint density at radius 2 is 2.00 bits per heavy atom. The van der Waals surface area contributed by atoms with Gasteiger partial charge in [0.1, 0.15) is 0 Å². The number of halogens is 2. The number of anilines is 1. The van der Waals surface area contributed by atoms with Crippen LogP contribution in [0.5, 0.6) is 0 Å². The molecule has 0 aromatic heterocycles. The summed E-state index contributed by atoms with van der Waals surface area (Å²) in [6.45, 7) is 1.88. The Bertz CT molecular complexity index is 734. The number of non-ortho nitro benzene ring substituents is 1. The summed E-state index contributed by atoms with van der Waals surface area (Å²) in [7, 11) is 0. The first kappa shape index (κ1) is 15.1. The molecule has 2 rings (SSSR count). The predicted octanol–water partition coefficient (Wildman–Crippen LogP) is 4.06. The smallest absolute Gasteiger partial charge is 0.272 e. The molecule has 0 bridgehead atoms. The standard InChI is InChI=1S/C14H10BrFN2O3/c1-8-2-4-10(11(15)6-8)14(19)17-13-5-3-9(18(20)21)7-12(13)16/h2-7H,1H3,(H,17,19). The molecule has 0 atom stereocenters. The van der Waals surface area contributed by atoms with Gasteiger partial charge in [0.25, 0.3) is 11.6 Å². The molecule has 0 saturated heterocycles. The second-order valence-electron chi connectivity index (χ2n) is 4.36. The van der Waals surface area contributed by atoms with Gasteiger partial charge in [-0.2, -0.15) is 0 Å². The van der Waals surface area contributed by atoms with Crippen molar-refractivity contribution in [3.63, 3.8) is 0 Å². The Hall–Kier alpha value is -2.28. The fraction of sp³-hybridized carbons (Fsp3) is 0.0714. The van der Waals surface area contributed by atoms with Gasteiger partial charge in [0.2, 0.25) is 0 Å². The lowest BCUT2D eigenvalue weighted by Gasteiger charge is -2.08. The number of amides is 1. The van der Waals surface area contributed by atoms with Crippen LogP contribution in [0, 0.1) is 22.9 Å². The summed E-state index contributed by atoms with van der Waals surface area (Å²) in [6.07, 6.45) is 0. The molecule has 0 radical (unpaired) electrons. The zero-order valence-electron chi connectivity index (χ0n) is 10.9. The molecule has 0 aliphatic rings. The molecule has 0 unspecified atom stereocenters. The molecule has 2 aromatic carbocycles. The van der Waals surface area contributed by atoms with E-state index in [0.717, 1.165) is 23.8 Å². The number of rotatable bonds is 3. The lowest BCUT2D eigenvalue weighted by molar-refractivity contribution is -0.385. The number of carbonyl (C=O) groups is 1. The van der Waals surface area contributed by atoms with Gasteiger partial charge in [-0.25, -0.2) is 4.39 Å². The predicted molar refractivity (Wildman–Crippen MR) is 79.9 cm³/mol. The molecule has 108 valence electrons. The van der Waals surface area contributed by atoms with Gasteiger partial charge in [-0.15, -0.1) is 0 Å². The first-order valence-corrected chi connectivity index (χ1v) is 6.69. The third kappa shape index (κ3) is 3.43. The van der Waals surface area contributed by atoms with E-state index in [2.05, 4.69) is 21.2 Å². The second-order valence-corrected chi connectivity index (χ2v) is 5.21. The highest BCUT2D eigenvalue weighted by Crippen LogP contribution is 2.23. The molecule has 7 heteroatoms. The van der Waals surface area contributed by atoms with Gasteiger partial charge in [0.15, 0.2) is 5.82 Å². The zero-order chi connectivity index (χ0) is 15.6. The lowest BCUT2D eigenvalue weighted by atomic mass is 10.1. The van der Waals surface area contributed by atoms with E-state index in [-0.39, 0.29) is 11.4 Å². The van der Waals surface area contributed by atoms with Crippen molar-refractivity contribution in [2.24, 2.45) is 0 Å². The van der Waals surface area contributed by atoms with Crippen molar-refractivity contribution in [2.45, 2.75) is 6.92 Å². The van der Waals surface area contributed by atoms with Gasteiger partial charge in [-0.1, -0.05) is 6.07 Å². The highest BCUT2D eigenvalue weighted by atomic mass is 79.9. The second kappa shape index (κ2) is 6.01. The van der Waals surface area contributed by atoms with Crippen molar-refractivity contribution in [3.8, 4) is 0 Å². The average Bonchev–Trinajstić information content (AvgIpc) is 2.40. The van der Waals surface area contributed by atoms with E-state index in [0.29, 0.717) is 10.0 Å². The fourth-order valence-corrected chi connectivity index (χ4v) is 2.39. The molecule has 0 heterocycles. The summed E-state index contributed by atoms with van der Waals surface area (Å²) >= 11 is 3.27. The van der Waals surface area contributed by atoms with Crippen molar-refractivity contribution in [3.05, 3.63) is 67.9 Å².